The van der Waals surface area contributed by atoms with Crippen LogP contribution in [-0.4, -0.2) is 21.8 Å². The number of nitrogens with one attached hydrogen (secondary N) is 1. The maximum atomic E-state index is 13.7. The zero-order valence-electron chi connectivity index (χ0n) is 15.0. The number of anilines is 1. The third-order valence-corrected chi connectivity index (χ3v) is 5.26. The molecule has 4 rings (SSSR count). The Morgan fingerprint density at radius 1 is 1.17 bits per heavy atom. The van der Waals surface area contributed by atoms with Gasteiger partial charge in [0.15, 0.2) is 17.5 Å². The number of hydrogen-bond donors (Lipinski definition) is 2. The Labute approximate surface area is 171 Å². The number of amides is 1. The molecule has 0 atom stereocenters. The van der Waals surface area contributed by atoms with Crippen molar-refractivity contribution in [3.05, 3.63) is 74.0 Å². The van der Waals surface area contributed by atoms with Crippen LogP contribution in [0, 0.1) is 17.5 Å². The molecule has 3 aromatic rings. The third kappa shape index (κ3) is 3.52. The van der Waals surface area contributed by atoms with Crippen LogP contribution in [0.2, 0.25) is 0 Å². The number of halogens is 3. The monoisotopic (exact) mass is 431 g/mol. The van der Waals surface area contributed by atoms with Crippen LogP contribution in [0.3, 0.4) is 0 Å². The first-order chi connectivity index (χ1) is 14.3. The van der Waals surface area contributed by atoms with Gasteiger partial charge in [-0.1, -0.05) is 29.5 Å². The predicted octanol–water partition coefficient (Wildman–Crippen LogP) is 3.93. The van der Waals surface area contributed by atoms with E-state index in [4.69, 9.17) is 0 Å². The highest BCUT2D eigenvalue weighted by Crippen LogP contribution is 2.34. The molecule has 10 heteroatoms. The summed E-state index contributed by atoms with van der Waals surface area (Å²) in [7, 11) is 0. The molecule has 1 amide bonds. The van der Waals surface area contributed by atoms with Crippen molar-refractivity contribution >= 4 is 46.5 Å². The summed E-state index contributed by atoms with van der Waals surface area (Å²) in [5.41, 5.74) is 1.68. The molecule has 1 aliphatic heterocycles. The molecule has 0 saturated heterocycles. The molecule has 2 heterocycles. The van der Waals surface area contributed by atoms with Crippen molar-refractivity contribution in [2.45, 2.75) is 6.54 Å². The number of fused-ring (bicyclic) bond motifs is 1. The zero-order valence-corrected chi connectivity index (χ0v) is 15.8. The van der Waals surface area contributed by atoms with Crippen molar-refractivity contribution < 1.29 is 23.1 Å². The van der Waals surface area contributed by atoms with Gasteiger partial charge < -0.3 is 10.4 Å². The summed E-state index contributed by atoms with van der Waals surface area (Å²) in [5, 5.41) is 12.4. The first-order valence-corrected chi connectivity index (χ1v) is 9.38. The number of aliphatic imine (C=N–C) groups is 1. The number of aromatic hydroxyl groups is 1. The van der Waals surface area contributed by atoms with Crippen molar-refractivity contribution in [2.75, 3.05) is 5.32 Å². The molecule has 1 aromatic heterocycles. The van der Waals surface area contributed by atoms with Gasteiger partial charge in [0.05, 0.1) is 16.3 Å². The molecule has 0 saturated carbocycles. The first-order valence-electron chi connectivity index (χ1n) is 8.56. The number of thiazole rings is 1. The van der Waals surface area contributed by atoms with E-state index in [0.29, 0.717) is 23.0 Å². The highest BCUT2D eigenvalue weighted by Gasteiger charge is 2.20. The largest absolute Gasteiger partial charge is 0.493 e. The Bertz CT molecular complexity index is 1290. The molecule has 152 valence electrons. The van der Waals surface area contributed by atoms with Crippen molar-refractivity contribution in [1.82, 2.24) is 4.57 Å². The number of aromatic nitrogens is 1. The van der Waals surface area contributed by atoms with E-state index in [9.17, 15) is 27.9 Å². The van der Waals surface area contributed by atoms with Gasteiger partial charge in [0.1, 0.15) is 6.54 Å². The molecule has 6 nitrogen and oxygen atoms in total. The minimum Gasteiger partial charge on any atom is -0.493 e. The molecule has 0 aliphatic carbocycles. The summed E-state index contributed by atoms with van der Waals surface area (Å²) in [6, 6.07) is 8.84. The summed E-state index contributed by atoms with van der Waals surface area (Å²) in [4.78, 5) is 28.2. The quantitative estimate of drug-likeness (QED) is 0.614. The molecule has 30 heavy (non-hydrogen) atoms. The van der Waals surface area contributed by atoms with Gasteiger partial charge in [-0.3, -0.25) is 19.1 Å². The van der Waals surface area contributed by atoms with Gasteiger partial charge in [0.2, 0.25) is 11.8 Å². The summed E-state index contributed by atoms with van der Waals surface area (Å²) in [6.07, 6.45) is 3.16. The van der Waals surface area contributed by atoms with Gasteiger partial charge >= 0.3 is 4.87 Å². The van der Waals surface area contributed by atoms with E-state index in [1.165, 1.54) is 0 Å². The zero-order chi connectivity index (χ0) is 21.4. The van der Waals surface area contributed by atoms with Gasteiger partial charge in [-0.15, -0.1) is 0 Å². The van der Waals surface area contributed by atoms with Crippen molar-refractivity contribution in [1.29, 1.82) is 0 Å². The second-order valence-corrected chi connectivity index (χ2v) is 7.28. The number of carbonyl (C=O) groups excluding carboxylic acids is 1. The maximum absolute atomic E-state index is 13.7. The number of allylic oxidation sites excluding steroid dienone is 1. The fraction of sp³-hybridized carbons (Fsp3) is 0.0500. The number of rotatable bonds is 4. The number of para-hydroxylation sites is 1. The molecule has 0 unspecified atom stereocenters. The highest BCUT2D eigenvalue weighted by molar-refractivity contribution is 7.10. The van der Waals surface area contributed by atoms with Crippen LogP contribution in [0.4, 0.5) is 24.5 Å². The van der Waals surface area contributed by atoms with E-state index >= 15 is 0 Å². The van der Waals surface area contributed by atoms with Crippen LogP contribution in [0.5, 0.6) is 5.88 Å². The van der Waals surface area contributed by atoms with Gasteiger partial charge in [-0.25, -0.2) is 13.2 Å². The molecule has 0 radical (unpaired) electrons. The Kier molecular flexibility index (Phi) is 5.00. The van der Waals surface area contributed by atoms with Gasteiger partial charge in [-0.05, 0) is 24.3 Å². The second kappa shape index (κ2) is 7.64. The standard InChI is InChI=1S/C20H12F3N3O3S/c21-12-5-6-14(18(23)17(12)22)25-16(27)9-26-19(28)15(30-20(26)29)7-10-8-24-13-4-2-1-3-11(10)13/h1-8,28H,9H2,(H,25,27)/b10-7+. The number of hydrogen-bond acceptors (Lipinski definition) is 5. The summed E-state index contributed by atoms with van der Waals surface area (Å²) >= 11 is 0.714. The van der Waals surface area contributed by atoms with Crippen LogP contribution in [0.1, 0.15) is 10.4 Å². The van der Waals surface area contributed by atoms with Gasteiger partial charge in [0, 0.05) is 17.4 Å². The molecule has 1 aliphatic rings. The van der Waals surface area contributed by atoms with Crippen LogP contribution in [0.15, 0.2) is 46.2 Å². The highest BCUT2D eigenvalue weighted by atomic mass is 32.1. The molecule has 0 spiro atoms. The molecule has 0 bridgehead atoms. The van der Waals surface area contributed by atoms with E-state index in [1.54, 1.807) is 12.3 Å². The van der Waals surface area contributed by atoms with Gasteiger partial charge in [-0.2, -0.15) is 0 Å². The second-order valence-electron chi connectivity index (χ2n) is 6.29. The van der Waals surface area contributed by atoms with E-state index in [0.717, 1.165) is 21.9 Å². The Balaban J connectivity index is 1.57. The average Bonchev–Trinajstić information content (AvgIpc) is 3.25. The van der Waals surface area contributed by atoms with Crippen molar-refractivity contribution in [3.63, 3.8) is 0 Å². The van der Waals surface area contributed by atoms with E-state index in [1.807, 2.05) is 24.3 Å². The van der Waals surface area contributed by atoms with Gasteiger partial charge in [0.25, 0.3) is 0 Å². The third-order valence-electron chi connectivity index (χ3n) is 4.35. The maximum Gasteiger partial charge on any atom is 0.311 e. The normalized spacial score (nSPS) is 13.6. The first kappa shape index (κ1) is 19.6. The summed E-state index contributed by atoms with van der Waals surface area (Å²) < 4.78 is 40.8. The molecular formula is C20H12F3N3O3S. The van der Waals surface area contributed by atoms with E-state index in [-0.39, 0.29) is 4.88 Å². The summed E-state index contributed by atoms with van der Waals surface area (Å²) in [5.74, 6) is -6.03. The lowest BCUT2D eigenvalue weighted by molar-refractivity contribution is -0.116. The summed E-state index contributed by atoms with van der Waals surface area (Å²) in [6.45, 7) is -0.645. The van der Waals surface area contributed by atoms with E-state index < -0.39 is 46.3 Å². The average molecular weight is 431 g/mol. The lowest BCUT2D eigenvalue weighted by Gasteiger charge is -2.08. The Morgan fingerprint density at radius 2 is 1.93 bits per heavy atom. The molecule has 0 fully saturated rings. The van der Waals surface area contributed by atoms with Crippen molar-refractivity contribution in [3.8, 4) is 5.88 Å². The smallest absolute Gasteiger partial charge is 0.311 e. The molecule has 2 aromatic carbocycles. The van der Waals surface area contributed by atoms with Crippen LogP contribution in [-0.2, 0) is 11.3 Å². The predicted molar refractivity (Wildman–Crippen MR) is 108 cm³/mol. The lowest BCUT2D eigenvalue weighted by Crippen LogP contribution is -2.24. The Morgan fingerprint density at radius 3 is 2.73 bits per heavy atom. The number of carbonyl (C=O) groups is 1. The van der Waals surface area contributed by atoms with Crippen LogP contribution in [0.25, 0.3) is 11.6 Å². The minimum absolute atomic E-state index is 0.213. The number of nitrogens with zero attached hydrogens (tertiary/aromatic N) is 2. The van der Waals surface area contributed by atoms with Crippen molar-refractivity contribution in [2.24, 2.45) is 4.99 Å². The minimum atomic E-state index is -1.73. The fourth-order valence-corrected chi connectivity index (χ4v) is 3.74. The lowest BCUT2D eigenvalue weighted by atomic mass is 10.1. The SMILES string of the molecule is O=C(Cn1c(O)c(/C=C2\C=Nc3ccccc32)sc1=O)Nc1ccc(F)c(F)c1F. The topological polar surface area (TPSA) is 83.7 Å². The molecule has 2 N–H and O–H groups in total. The number of benzene rings is 2. The Hall–Kier alpha value is -3.66. The van der Waals surface area contributed by atoms with Crippen LogP contribution < -0.4 is 10.2 Å². The fourth-order valence-electron chi connectivity index (χ4n) is 2.90. The molecular weight excluding hydrogens is 419 g/mol. The van der Waals surface area contributed by atoms with Crippen LogP contribution >= 0.6 is 11.3 Å². The van der Waals surface area contributed by atoms with E-state index in [2.05, 4.69) is 10.3 Å².